The van der Waals surface area contributed by atoms with Crippen LogP contribution in [0.4, 0.5) is 0 Å². The minimum Gasteiger partial charge on any atom is -0.388 e. The molecule has 3 nitrogen and oxygen atoms in total. The van der Waals surface area contributed by atoms with E-state index in [1.54, 1.807) is 0 Å². The summed E-state index contributed by atoms with van der Waals surface area (Å²) in [4.78, 5) is 2.49. The molecule has 36 heavy (non-hydrogen) atoms. The normalized spacial score (nSPS) is 20.0. The molecule has 1 aliphatic carbocycles. The molecule has 0 aromatic heterocycles. The average Bonchev–Trinajstić information content (AvgIpc) is 3.19. The van der Waals surface area contributed by atoms with E-state index < -0.39 is 11.7 Å². The van der Waals surface area contributed by atoms with Crippen molar-refractivity contribution in [2.45, 2.75) is 70.0 Å². The second-order valence-corrected chi connectivity index (χ2v) is 11.5. The zero-order chi connectivity index (χ0) is 25.6. The third kappa shape index (κ3) is 6.26. The molecule has 0 bridgehead atoms. The van der Waals surface area contributed by atoms with Crippen LogP contribution in [0.1, 0.15) is 75.7 Å². The van der Waals surface area contributed by atoms with Crippen molar-refractivity contribution in [2.75, 3.05) is 19.6 Å². The van der Waals surface area contributed by atoms with Crippen LogP contribution in [0.5, 0.6) is 0 Å². The Morgan fingerprint density at radius 3 is 2.28 bits per heavy atom. The van der Waals surface area contributed by atoms with E-state index in [1.165, 1.54) is 5.56 Å². The highest BCUT2D eigenvalue weighted by Crippen LogP contribution is 2.43. The lowest BCUT2D eigenvalue weighted by molar-refractivity contribution is -0.0152. The van der Waals surface area contributed by atoms with Crippen molar-refractivity contribution in [2.24, 2.45) is 5.92 Å². The highest BCUT2D eigenvalue weighted by Gasteiger charge is 2.42. The fraction of sp³-hybridized carbons (Fsp3) is 0.455. The Labute approximate surface area is 217 Å². The molecule has 0 spiro atoms. The first-order valence-corrected chi connectivity index (χ1v) is 13.6. The van der Waals surface area contributed by atoms with E-state index in [-0.39, 0.29) is 11.3 Å². The maximum Gasteiger partial charge on any atom is 0.117 e. The zero-order valence-corrected chi connectivity index (χ0v) is 22.2. The van der Waals surface area contributed by atoms with Crippen LogP contribution < -0.4 is 0 Å². The van der Waals surface area contributed by atoms with Crippen LogP contribution in [-0.2, 0) is 11.0 Å². The average molecular weight is 486 g/mol. The summed E-state index contributed by atoms with van der Waals surface area (Å²) in [6, 6.07) is 18.6. The Kier molecular flexibility index (Phi) is 8.66. The molecule has 1 saturated heterocycles. The second kappa shape index (κ2) is 11.7. The van der Waals surface area contributed by atoms with Gasteiger partial charge in [-0.25, -0.2) is 0 Å². The Balaban J connectivity index is 1.33. The Morgan fingerprint density at radius 1 is 0.917 bits per heavy atom. The van der Waals surface area contributed by atoms with Gasteiger partial charge in [0.2, 0.25) is 0 Å². The van der Waals surface area contributed by atoms with Gasteiger partial charge in [-0.1, -0.05) is 106 Å². The van der Waals surface area contributed by atoms with Gasteiger partial charge in [-0.2, -0.15) is 0 Å². The molecule has 2 unspecified atom stereocenters. The van der Waals surface area contributed by atoms with Gasteiger partial charge in [-0.3, -0.25) is 0 Å². The molecule has 192 valence electrons. The summed E-state index contributed by atoms with van der Waals surface area (Å²) in [6.45, 7) is 9.57. The summed E-state index contributed by atoms with van der Waals surface area (Å²) >= 11 is 0. The molecule has 0 saturated carbocycles. The number of allylic oxidation sites excluding steroid dienone is 4. The Bertz CT molecular complexity index is 1050. The first kappa shape index (κ1) is 26.6. The molecule has 3 heteroatoms. The monoisotopic (exact) mass is 485 g/mol. The van der Waals surface area contributed by atoms with Crippen molar-refractivity contribution in [3.63, 3.8) is 0 Å². The van der Waals surface area contributed by atoms with E-state index in [4.69, 9.17) is 0 Å². The van der Waals surface area contributed by atoms with Crippen molar-refractivity contribution >= 4 is 0 Å². The van der Waals surface area contributed by atoms with Gasteiger partial charge in [-0.15, -0.1) is 0 Å². The minimum absolute atomic E-state index is 0.127. The number of hydrogen-bond acceptors (Lipinski definition) is 3. The van der Waals surface area contributed by atoms with E-state index in [1.807, 2.05) is 18.2 Å². The van der Waals surface area contributed by atoms with Gasteiger partial charge in [0, 0.05) is 0 Å². The SMILES string of the molecule is CC(C)(C)c1ccc(C(O)CCCN2CCC(C(O)(C3=CC=CCC=C3)c3ccccc3)CC2)cc1. The Hall–Kier alpha value is -2.46. The number of aliphatic hydroxyl groups is 2. The van der Waals surface area contributed by atoms with Crippen LogP contribution in [0.25, 0.3) is 0 Å². The highest BCUT2D eigenvalue weighted by molar-refractivity contribution is 5.42. The van der Waals surface area contributed by atoms with E-state index in [0.29, 0.717) is 0 Å². The largest absolute Gasteiger partial charge is 0.388 e. The minimum atomic E-state index is -0.978. The third-order valence-electron chi connectivity index (χ3n) is 7.93. The van der Waals surface area contributed by atoms with Crippen LogP contribution in [-0.4, -0.2) is 34.7 Å². The lowest BCUT2D eigenvalue weighted by Crippen LogP contribution is -2.44. The second-order valence-electron chi connectivity index (χ2n) is 11.5. The molecular weight excluding hydrogens is 442 g/mol. The van der Waals surface area contributed by atoms with E-state index in [2.05, 4.69) is 92.4 Å². The molecule has 1 heterocycles. The maximum atomic E-state index is 12.2. The number of rotatable bonds is 8. The van der Waals surface area contributed by atoms with E-state index in [9.17, 15) is 10.2 Å². The predicted molar refractivity (Wildman–Crippen MR) is 150 cm³/mol. The molecule has 2 aromatic rings. The van der Waals surface area contributed by atoms with E-state index >= 15 is 0 Å². The van der Waals surface area contributed by atoms with Gasteiger partial charge in [0.1, 0.15) is 5.60 Å². The molecule has 1 fully saturated rings. The smallest absolute Gasteiger partial charge is 0.117 e. The predicted octanol–water partition coefficient (Wildman–Crippen LogP) is 6.84. The number of benzene rings is 2. The third-order valence-corrected chi connectivity index (χ3v) is 7.93. The first-order valence-electron chi connectivity index (χ1n) is 13.6. The maximum absolute atomic E-state index is 12.2. The zero-order valence-electron chi connectivity index (χ0n) is 22.2. The van der Waals surface area contributed by atoms with Crippen molar-refractivity contribution in [1.82, 2.24) is 4.90 Å². The van der Waals surface area contributed by atoms with Crippen molar-refractivity contribution < 1.29 is 10.2 Å². The molecule has 4 rings (SSSR count). The van der Waals surface area contributed by atoms with Gasteiger partial charge in [0.05, 0.1) is 6.10 Å². The van der Waals surface area contributed by atoms with E-state index in [0.717, 1.165) is 68.4 Å². The molecule has 1 aliphatic heterocycles. The van der Waals surface area contributed by atoms with Crippen LogP contribution >= 0.6 is 0 Å². The van der Waals surface area contributed by atoms with Gasteiger partial charge in [0.25, 0.3) is 0 Å². The van der Waals surface area contributed by atoms with Gasteiger partial charge in [-0.05, 0) is 85.3 Å². The van der Waals surface area contributed by atoms with Crippen LogP contribution in [0.15, 0.2) is 90.6 Å². The molecule has 2 N–H and O–H groups in total. The Morgan fingerprint density at radius 2 is 1.61 bits per heavy atom. The van der Waals surface area contributed by atoms with Crippen molar-refractivity contribution in [3.8, 4) is 0 Å². The molecule has 2 aromatic carbocycles. The number of piperidine rings is 1. The van der Waals surface area contributed by atoms with Gasteiger partial charge in [0.15, 0.2) is 0 Å². The van der Waals surface area contributed by atoms with Crippen LogP contribution in [0, 0.1) is 5.92 Å². The van der Waals surface area contributed by atoms with Gasteiger partial charge >= 0.3 is 0 Å². The van der Waals surface area contributed by atoms with Crippen LogP contribution in [0.2, 0.25) is 0 Å². The summed E-state index contributed by atoms with van der Waals surface area (Å²) in [5.41, 5.74) is 3.42. The molecule has 2 atom stereocenters. The standard InChI is InChI=1S/C33H43NO2/c1-32(2,3)27-19-17-26(18-20-27)31(35)16-11-23-34-24-21-30(22-25-34)33(36,29-14-9-6-10-15-29)28-12-7-4-5-8-13-28/h4,6-10,12-15,17-20,30-31,35-36H,5,11,16,21-25H2,1-3H3. The fourth-order valence-electron chi connectivity index (χ4n) is 5.62. The molecule has 0 amide bonds. The molecule has 0 radical (unpaired) electrons. The topological polar surface area (TPSA) is 43.7 Å². The summed E-state index contributed by atoms with van der Waals surface area (Å²) in [7, 11) is 0. The number of likely N-dealkylation sites (tertiary alicyclic amines) is 1. The number of nitrogens with zero attached hydrogens (tertiary/aromatic N) is 1. The highest BCUT2D eigenvalue weighted by atomic mass is 16.3. The fourth-order valence-corrected chi connectivity index (χ4v) is 5.62. The quantitative estimate of drug-likeness (QED) is 0.430. The lowest BCUT2D eigenvalue weighted by Gasteiger charge is -2.43. The van der Waals surface area contributed by atoms with Gasteiger partial charge < -0.3 is 15.1 Å². The number of hydrogen-bond donors (Lipinski definition) is 2. The lowest BCUT2D eigenvalue weighted by atomic mass is 9.71. The van der Waals surface area contributed by atoms with Crippen molar-refractivity contribution in [1.29, 1.82) is 0 Å². The summed E-state index contributed by atoms with van der Waals surface area (Å²) in [5, 5.41) is 22.9. The summed E-state index contributed by atoms with van der Waals surface area (Å²) in [6.07, 6.45) is 14.7. The van der Waals surface area contributed by atoms with Crippen molar-refractivity contribution in [3.05, 3.63) is 107 Å². The molecule has 2 aliphatic rings. The first-order chi connectivity index (χ1) is 17.3. The summed E-state index contributed by atoms with van der Waals surface area (Å²) in [5.74, 6) is 0.172. The van der Waals surface area contributed by atoms with Crippen LogP contribution in [0.3, 0.4) is 0 Å². The molecular formula is C33H43NO2. The summed E-state index contributed by atoms with van der Waals surface area (Å²) < 4.78 is 0. The number of aliphatic hydroxyl groups excluding tert-OH is 1.